The Bertz CT molecular complexity index is 695. The fraction of sp³-hybridized carbons (Fsp3) is 0.412. The first-order valence-corrected chi connectivity index (χ1v) is 7.45. The molecule has 5 nitrogen and oxygen atoms in total. The minimum Gasteiger partial charge on any atom is -0.481 e. The average molecular weight is 300 g/mol. The van der Waals surface area contributed by atoms with E-state index in [1.807, 2.05) is 24.3 Å². The molecule has 0 saturated heterocycles. The zero-order valence-corrected chi connectivity index (χ0v) is 12.8. The van der Waals surface area contributed by atoms with Gasteiger partial charge in [0.25, 0.3) is 5.91 Å². The van der Waals surface area contributed by atoms with Gasteiger partial charge in [-0.1, -0.05) is 18.2 Å². The molecule has 3 rings (SSSR count). The smallest absolute Gasteiger partial charge is 0.272 e. The van der Waals surface area contributed by atoms with Crippen LogP contribution >= 0.6 is 0 Å². The molecule has 0 atom stereocenters. The quantitative estimate of drug-likeness (QED) is 0.939. The van der Waals surface area contributed by atoms with E-state index in [2.05, 4.69) is 4.98 Å². The van der Waals surface area contributed by atoms with Crippen molar-refractivity contribution in [2.75, 3.05) is 20.7 Å². The van der Waals surface area contributed by atoms with Crippen LogP contribution < -0.4 is 4.74 Å². The van der Waals surface area contributed by atoms with Gasteiger partial charge in [-0.2, -0.15) is 0 Å². The summed E-state index contributed by atoms with van der Waals surface area (Å²) in [5.41, 5.74) is 0.387. The molecule has 1 aliphatic rings. The van der Waals surface area contributed by atoms with Crippen molar-refractivity contribution in [3.05, 3.63) is 36.0 Å². The Labute approximate surface area is 129 Å². The molecule has 1 saturated carbocycles. The molecule has 5 heteroatoms. The van der Waals surface area contributed by atoms with Gasteiger partial charge in [-0.05, 0) is 36.3 Å². The second-order valence-electron chi connectivity index (χ2n) is 5.91. The van der Waals surface area contributed by atoms with Gasteiger partial charge in [0.05, 0.1) is 13.2 Å². The maximum atomic E-state index is 12.6. The van der Waals surface area contributed by atoms with E-state index in [1.165, 1.54) is 0 Å². The molecule has 116 valence electrons. The standard InChI is InChI=1S/C17H20N2O3/c1-19(10-11-7-13(20)8-11)17(21)15-9-12-5-3-4-6-14(12)16(18-15)22-2/h3-6,9,11,13,20H,7-8,10H2,1-2H3. The number of rotatable bonds is 4. The molecular weight excluding hydrogens is 280 g/mol. The molecule has 0 spiro atoms. The van der Waals surface area contributed by atoms with Crippen molar-refractivity contribution in [3.63, 3.8) is 0 Å². The summed E-state index contributed by atoms with van der Waals surface area (Å²) >= 11 is 0. The van der Waals surface area contributed by atoms with Crippen LogP contribution in [-0.2, 0) is 0 Å². The SMILES string of the molecule is COc1nc(C(=O)N(C)CC2CC(O)C2)cc2ccccc12. The Hall–Kier alpha value is -2.14. The maximum absolute atomic E-state index is 12.6. The number of nitrogens with zero attached hydrogens (tertiary/aromatic N) is 2. The third-order valence-corrected chi connectivity index (χ3v) is 4.21. The van der Waals surface area contributed by atoms with E-state index < -0.39 is 0 Å². The van der Waals surface area contributed by atoms with Gasteiger partial charge < -0.3 is 14.7 Å². The molecule has 1 aliphatic carbocycles. The van der Waals surface area contributed by atoms with E-state index in [4.69, 9.17) is 4.74 Å². The number of methoxy groups -OCH3 is 1. The number of aliphatic hydroxyl groups is 1. The molecule has 0 bridgehead atoms. The molecule has 2 aromatic rings. The van der Waals surface area contributed by atoms with Crippen LogP contribution in [0.3, 0.4) is 0 Å². The Morgan fingerprint density at radius 2 is 2.14 bits per heavy atom. The van der Waals surface area contributed by atoms with Crippen molar-refractivity contribution in [3.8, 4) is 5.88 Å². The van der Waals surface area contributed by atoms with Crippen molar-refractivity contribution in [1.29, 1.82) is 0 Å². The number of aliphatic hydroxyl groups excluding tert-OH is 1. The third kappa shape index (κ3) is 2.76. The molecule has 1 aromatic carbocycles. The minimum atomic E-state index is -0.201. The van der Waals surface area contributed by atoms with Gasteiger partial charge in [-0.3, -0.25) is 4.79 Å². The lowest BCUT2D eigenvalue weighted by molar-refractivity contribution is 0.0264. The molecule has 0 unspecified atom stereocenters. The monoisotopic (exact) mass is 300 g/mol. The van der Waals surface area contributed by atoms with E-state index in [0.29, 0.717) is 24.0 Å². The van der Waals surface area contributed by atoms with Crippen molar-refractivity contribution in [1.82, 2.24) is 9.88 Å². The number of ether oxygens (including phenoxy) is 1. The first-order chi connectivity index (χ1) is 10.6. The number of hydrogen-bond donors (Lipinski definition) is 1. The van der Waals surface area contributed by atoms with Crippen LogP contribution in [-0.4, -0.2) is 47.7 Å². The molecular formula is C17H20N2O3. The fourth-order valence-corrected chi connectivity index (χ4v) is 2.95. The van der Waals surface area contributed by atoms with Crippen LogP contribution in [0.25, 0.3) is 10.8 Å². The predicted octanol–water partition coefficient (Wildman–Crippen LogP) is 2.09. The van der Waals surface area contributed by atoms with Crippen LogP contribution in [0.1, 0.15) is 23.3 Å². The van der Waals surface area contributed by atoms with Gasteiger partial charge in [-0.25, -0.2) is 4.98 Å². The second kappa shape index (κ2) is 5.93. The summed E-state index contributed by atoms with van der Waals surface area (Å²) in [7, 11) is 3.33. The summed E-state index contributed by atoms with van der Waals surface area (Å²) in [5, 5.41) is 11.2. The number of hydrogen-bond acceptors (Lipinski definition) is 4. The summed E-state index contributed by atoms with van der Waals surface area (Å²) < 4.78 is 5.31. The van der Waals surface area contributed by atoms with Crippen LogP contribution in [0.4, 0.5) is 0 Å². The second-order valence-corrected chi connectivity index (χ2v) is 5.91. The van der Waals surface area contributed by atoms with Crippen molar-refractivity contribution < 1.29 is 14.6 Å². The van der Waals surface area contributed by atoms with Gasteiger partial charge in [0.1, 0.15) is 5.69 Å². The third-order valence-electron chi connectivity index (χ3n) is 4.21. The number of benzene rings is 1. The summed E-state index contributed by atoms with van der Waals surface area (Å²) in [5.74, 6) is 0.727. The minimum absolute atomic E-state index is 0.120. The number of pyridine rings is 1. The highest BCUT2D eigenvalue weighted by Crippen LogP contribution is 2.28. The Kier molecular flexibility index (Phi) is 3.98. The normalized spacial score (nSPS) is 20.5. The summed E-state index contributed by atoms with van der Waals surface area (Å²) in [6.07, 6.45) is 1.34. The molecule has 1 N–H and O–H groups in total. The van der Waals surface area contributed by atoms with Crippen molar-refractivity contribution in [2.24, 2.45) is 5.92 Å². The zero-order chi connectivity index (χ0) is 15.7. The fourth-order valence-electron chi connectivity index (χ4n) is 2.95. The number of carbonyl (C=O) groups excluding carboxylic acids is 1. The first kappa shape index (κ1) is 14.8. The molecule has 1 aromatic heterocycles. The lowest BCUT2D eigenvalue weighted by Gasteiger charge is -2.34. The number of carbonyl (C=O) groups is 1. The molecule has 22 heavy (non-hydrogen) atoms. The van der Waals surface area contributed by atoms with Crippen LogP contribution in [0.15, 0.2) is 30.3 Å². The number of fused-ring (bicyclic) bond motifs is 1. The van der Waals surface area contributed by atoms with Crippen molar-refractivity contribution in [2.45, 2.75) is 18.9 Å². The summed E-state index contributed by atoms with van der Waals surface area (Å²) in [6, 6.07) is 9.51. The number of amides is 1. The average Bonchev–Trinajstić information content (AvgIpc) is 2.51. The predicted molar refractivity (Wildman–Crippen MR) is 84.0 cm³/mol. The first-order valence-electron chi connectivity index (χ1n) is 7.45. The lowest BCUT2D eigenvalue weighted by Crippen LogP contribution is -2.39. The zero-order valence-electron chi connectivity index (χ0n) is 12.8. The van der Waals surface area contributed by atoms with Gasteiger partial charge in [-0.15, -0.1) is 0 Å². The maximum Gasteiger partial charge on any atom is 0.272 e. The van der Waals surface area contributed by atoms with Crippen LogP contribution in [0, 0.1) is 5.92 Å². The van der Waals surface area contributed by atoms with E-state index in [9.17, 15) is 9.90 Å². The van der Waals surface area contributed by atoms with Gasteiger partial charge in [0.2, 0.25) is 5.88 Å². The molecule has 1 heterocycles. The van der Waals surface area contributed by atoms with E-state index in [-0.39, 0.29) is 12.0 Å². The largest absolute Gasteiger partial charge is 0.481 e. The Balaban J connectivity index is 1.84. The van der Waals surface area contributed by atoms with Crippen molar-refractivity contribution >= 4 is 16.7 Å². The highest BCUT2D eigenvalue weighted by molar-refractivity contribution is 5.98. The molecule has 0 radical (unpaired) electrons. The molecule has 1 fully saturated rings. The lowest BCUT2D eigenvalue weighted by atomic mass is 9.82. The molecule has 0 aliphatic heterocycles. The highest BCUT2D eigenvalue weighted by atomic mass is 16.5. The van der Waals surface area contributed by atoms with Crippen LogP contribution in [0.5, 0.6) is 5.88 Å². The van der Waals surface area contributed by atoms with E-state index in [1.54, 1.807) is 25.1 Å². The topological polar surface area (TPSA) is 62.7 Å². The van der Waals surface area contributed by atoms with E-state index in [0.717, 1.165) is 23.6 Å². The van der Waals surface area contributed by atoms with Gasteiger partial charge >= 0.3 is 0 Å². The summed E-state index contributed by atoms with van der Waals surface area (Å²) in [4.78, 5) is 18.6. The van der Waals surface area contributed by atoms with Gasteiger partial charge in [0.15, 0.2) is 0 Å². The molecule has 1 amide bonds. The summed E-state index contributed by atoms with van der Waals surface area (Å²) in [6.45, 7) is 0.646. The number of aromatic nitrogens is 1. The van der Waals surface area contributed by atoms with Crippen LogP contribution in [0.2, 0.25) is 0 Å². The van der Waals surface area contributed by atoms with Gasteiger partial charge in [0, 0.05) is 19.0 Å². The Morgan fingerprint density at radius 1 is 1.41 bits per heavy atom. The van der Waals surface area contributed by atoms with E-state index >= 15 is 0 Å². The Morgan fingerprint density at radius 3 is 2.82 bits per heavy atom. The highest BCUT2D eigenvalue weighted by Gasteiger charge is 2.29.